The highest BCUT2D eigenvalue weighted by Crippen LogP contribution is 2.30. The fourth-order valence-electron chi connectivity index (χ4n) is 4.09. The summed E-state index contributed by atoms with van der Waals surface area (Å²) >= 11 is 0. The second-order valence-corrected chi connectivity index (χ2v) is 9.21. The maximum absolute atomic E-state index is 12.6. The topological polar surface area (TPSA) is 136 Å². The number of rotatable bonds is 5. The highest BCUT2D eigenvalue weighted by molar-refractivity contribution is 7.85. The first kappa shape index (κ1) is 20.3. The first-order valence-corrected chi connectivity index (χ1v) is 11.3. The number of amidine groups is 1. The van der Waals surface area contributed by atoms with Gasteiger partial charge in [0.25, 0.3) is 5.56 Å². The second kappa shape index (κ2) is 8.42. The fourth-order valence-corrected chi connectivity index (χ4v) is 5.38. The minimum absolute atomic E-state index is 0.0967. The monoisotopic (exact) mass is 424 g/mol. The molecule has 4 rings (SSSR count). The predicted molar refractivity (Wildman–Crippen MR) is 118 cm³/mol. The van der Waals surface area contributed by atoms with E-state index in [0.717, 1.165) is 42.8 Å². The molecular formula is C21H24N6O2S. The molecule has 30 heavy (non-hydrogen) atoms. The third kappa shape index (κ3) is 4.01. The maximum Gasteiger partial charge on any atom is 0.261 e. The van der Waals surface area contributed by atoms with Crippen LogP contribution in [0.5, 0.6) is 0 Å². The summed E-state index contributed by atoms with van der Waals surface area (Å²) in [5.74, 6) is 0.722. The van der Waals surface area contributed by atoms with Crippen LogP contribution < -0.4 is 21.9 Å². The summed E-state index contributed by atoms with van der Waals surface area (Å²) in [6.45, 7) is 1.60. The summed E-state index contributed by atoms with van der Waals surface area (Å²) in [5.41, 5.74) is 7.97. The summed E-state index contributed by atoms with van der Waals surface area (Å²) in [6.07, 6.45) is 4.18. The van der Waals surface area contributed by atoms with Gasteiger partial charge in [0.05, 0.1) is 40.2 Å². The van der Waals surface area contributed by atoms with Crippen LogP contribution in [0.25, 0.3) is 0 Å². The largest absolute Gasteiger partial charge is 0.383 e. The van der Waals surface area contributed by atoms with Gasteiger partial charge < -0.3 is 21.4 Å². The number of pyridine rings is 1. The molecule has 156 valence electrons. The number of H-pyrrole nitrogens is 1. The summed E-state index contributed by atoms with van der Waals surface area (Å²) < 4.78 is 12.0. The number of piperidine rings is 1. The van der Waals surface area contributed by atoms with Gasteiger partial charge in [0.15, 0.2) is 0 Å². The molecule has 9 heteroatoms. The number of aromatic nitrogens is 1. The molecule has 0 bridgehead atoms. The molecule has 0 saturated carbocycles. The number of nitriles is 1. The van der Waals surface area contributed by atoms with Crippen molar-refractivity contribution in [3.05, 3.63) is 51.9 Å². The Kier molecular flexibility index (Phi) is 5.70. The predicted octanol–water partition coefficient (Wildman–Crippen LogP) is 1.52. The van der Waals surface area contributed by atoms with Gasteiger partial charge in [-0.1, -0.05) is 0 Å². The average molecular weight is 425 g/mol. The van der Waals surface area contributed by atoms with Crippen molar-refractivity contribution in [1.82, 2.24) is 10.3 Å². The van der Waals surface area contributed by atoms with Crippen molar-refractivity contribution in [2.75, 3.05) is 24.2 Å². The van der Waals surface area contributed by atoms with Crippen LogP contribution in [0.4, 0.5) is 11.4 Å². The highest BCUT2D eigenvalue weighted by atomic mass is 32.2. The molecule has 3 heterocycles. The number of hydrogen-bond donors (Lipinski definition) is 4. The summed E-state index contributed by atoms with van der Waals surface area (Å²) in [4.78, 5) is 20.6. The zero-order valence-electron chi connectivity index (χ0n) is 16.5. The third-order valence-electron chi connectivity index (χ3n) is 5.69. The van der Waals surface area contributed by atoms with Crippen LogP contribution in [-0.2, 0) is 17.2 Å². The number of hydrogen-bond acceptors (Lipinski definition) is 6. The Morgan fingerprint density at radius 2 is 2.13 bits per heavy atom. The molecule has 8 nitrogen and oxygen atoms in total. The first-order chi connectivity index (χ1) is 14.5. The second-order valence-electron chi connectivity index (χ2n) is 7.67. The molecule has 0 amide bonds. The van der Waals surface area contributed by atoms with Gasteiger partial charge in [0.1, 0.15) is 11.4 Å². The van der Waals surface area contributed by atoms with Crippen molar-refractivity contribution in [3.63, 3.8) is 0 Å². The number of nitrogens with one attached hydrogen (secondary N) is 3. The van der Waals surface area contributed by atoms with Gasteiger partial charge in [0.2, 0.25) is 0 Å². The molecule has 1 atom stereocenters. The molecule has 1 unspecified atom stereocenters. The quantitative estimate of drug-likeness (QED) is 0.424. The minimum Gasteiger partial charge on any atom is -0.383 e. The van der Waals surface area contributed by atoms with E-state index >= 15 is 0 Å². The van der Waals surface area contributed by atoms with Crippen molar-refractivity contribution in [1.29, 1.82) is 5.26 Å². The van der Waals surface area contributed by atoms with Crippen molar-refractivity contribution in [3.8, 4) is 6.07 Å². The zero-order valence-corrected chi connectivity index (χ0v) is 17.3. The lowest BCUT2D eigenvalue weighted by Gasteiger charge is -2.38. The minimum atomic E-state index is -0.950. The number of nitrogens with zero attached hydrogens (tertiary/aromatic N) is 2. The van der Waals surface area contributed by atoms with Crippen LogP contribution >= 0.6 is 0 Å². The number of fused-ring (bicyclic) bond motifs is 1. The Balaban J connectivity index is 1.69. The molecule has 2 aromatic rings. The van der Waals surface area contributed by atoms with E-state index in [2.05, 4.69) is 26.7 Å². The Morgan fingerprint density at radius 1 is 1.33 bits per heavy atom. The number of aryl methyl sites for hydroxylation is 1. The Bertz CT molecular complexity index is 1110. The number of aliphatic imine (C=N–C) groups is 1. The number of benzene rings is 1. The molecule has 1 saturated heterocycles. The van der Waals surface area contributed by atoms with Crippen LogP contribution in [-0.4, -0.2) is 39.4 Å². The summed E-state index contributed by atoms with van der Waals surface area (Å²) in [5, 5.41) is 16.1. The Morgan fingerprint density at radius 3 is 2.90 bits per heavy atom. The zero-order chi connectivity index (χ0) is 21.1. The van der Waals surface area contributed by atoms with E-state index in [1.54, 1.807) is 18.3 Å². The molecule has 0 radical (unpaired) electrons. The molecule has 1 aromatic carbocycles. The maximum atomic E-state index is 12.6. The molecule has 1 fully saturated rings. The van der Waals surface area contributed by atoms with Gasteiger partial charge in [-0.15, -0.1) is 0 Å². The molecule has 2 aliphatic rings. The SMILES string of the molecule is N#CCC1(Nc2cc[nH]c(=O)c2C(N)=Nc2ccc3c(c2)CCS3=O)CCNCC1. The van der Waals surface area contributed by atoms with Gasteiger partial charge >= 0.3 is 0 Å². The van der Waals surface area contributed by atoms with Crippen LogP contribution in [0.3, 0.4) is 0 Å². The molecule has 2 aliphatic heterocycles. The molecule has 0 spiro atoms. The third-order valence-corrected chi connectivity index (χ3v) is 7.15. The fraction of sp³-hybridized carbons (Fsp3) is 0.381. The van der Waals surface area contributed by atoms with E-state index in [4.69, 9.17) is 5.73 Å². The number of anilines is 1. The van der Waals surface area contributed by atoms with Crippen molar-refractivity contribution < 1.29 is 4.21 Å². The summed E-state index contributed by atoms with van der Waals surface area (Å²) in [6, 6.07) is 9.48. The number of nitrogens with two attached hydrogens (primary N) is 1. The Hall–Kier alpha value is -2.96. The van der Waals surface area contributed by atoms with E-state index in [1.165, 1.54) is 0 Å². The van der Waals surface area contributed by atoms with E-state index in [0.29, 0.717) is 23.5 Å². The van der Waals surface area contributed by atoms with E-state index < -0.39 is 16.3 Å². The van der Waals surface area contributed by atoms with E-state index in [-0.39, 0.29) is 17.0 Å². The van der Waals surface area contributed by atoms with E-state index in [1.807, 2.05) is 12.1 Å². The van der Waals surface area contributed by atoms with Gasteiger partial charge in [-0.25, -0.2) is 4.99 Å². The lowest BCUT2D eigenvalue weighted by atomic mass is 9.85. The molecule has 5 N–H and O–H groups in total. The van der Waals surface area contributed by atoms with Crippen molar-refractivity contribution >= 4 is 28.0 Å². The number of aromatic amines is 1. The van der Waals surface area contributed by atoms with E-state index in [9.17, 15) is 14.3 Å². The lowest BCUT2D eigenvalue weighted by Crippen LogP contribution is -2.48. The van der Waals surface area contributed by atoms with Crippen LogP contribution in [0.1, 0.15) is 30.4 Å². The van der Waals surface area contributed by atoms with Crippen LogP contribution in [0, 0.1) is 11.3 Å². The smallest absolute Gasteiger partial charge is 0.261 e. The first-order valence-electron chi connectivity index (χ1n) is 9.95. The molecular weight excluding hydrogens is 400 g/mol. The van der Waals surface area contributed by atoms with Gasteiger partial charge in [-0.3, -0.25) is 9.00 Å². The van der Waals surface area contributed by atoms with Gasteiger partial charge in [0, 0.05) is 16.8 Å². The van der Waals surface area contributed by atoms with Crippen molar-refractivity contribution in [2.24, 2.45) is 10.7 Å². The average Bonchev–Trinajstić information content (AvgIpc) is 3.09. The van der Waals surface area contributed by atoms with Crippen LogP contribution in [0.2, 0.25) is 0 Å². The highest BCUT2D eigenvalue weighted by Gasteiger charge is 2.33. The van der Waals surface area contributed by atoms with Gasteiger partial charge in [-0.05, 0) is 62.2 Å². The molecule has 1 aromatic heterocycles. The van der Waals surface area contributed by atoms with Crippen LogP contribution in [0.15, 0.2) is 45.1 Å². The van der Waals surface area contributed by atoms with Gasteiger partial charge in [-0.2, -0.15) is 5.26 Å². The molecule has 0 aliphatic carbocycles. The lowest BCUT2D eigenvalue weighted by molar-refractivity contribution is 0.343. The van der Waals surface area contributed by atoms with Crippen molar-refractivity contribution in [2.45, 2.75) is 36.1 Å². The Labute approximate surface area is 177 Å². The standard InChI is InChI=1S/C21H24N6O2S/c22-8-5-21(6-10-24-11-7-21)27-16-3-9-25-20(28)18(16)19(23)26-15-1-2-17-14(13-15)4-12-30(17)29/h1-3,9,13,24H,4-7,10-12H2,(H2,23,26)(H2,25,27,28). The normalized spacial score (nSPS) is 20.4. The summed E-state index contributed by atoms with van der Waals surface area (Å²) in [7, 11) is -0.950.